The van der Waals surface area contributed by atoms with Gasteiger partial charge >= 0.3 is 0 Å². The summed E-state index contributed by atoms with van der Waals surface area (Å²) in [4.78, 5) is 13.8. The van der Waals surface area contributed by atoms with Crippen LogP contribution in [0, 0.1) is 13.8 Å². The predicted molar refractivity (Wildman–Crippen MR) is 58.0 cm³/mol. The molecule has 5 heteroatoms. The highest BCUT2D eigenvalue weighted by molar-refractivity contribution is 5.95. The SMILES string of the molecule is Cc1cc(C(=O)N2CC[C@H](O)C2)c(C)nn1. The van der Waals surface area contributed by atoms with Gasteiger partial charge in [-0.05, 0) is 26.3 Å². The summed E-state index contributed by atoms with van der Waals surface area (Å²) in [5.74, 6) is -0.0629. The summed E-state index contributed by atoms with van der Waals surface area (Å²) in [5.41, 5.74) is 1.95. The number of aromatic nitrogens is 2. The maximum atomic E-state index is 12.1. The second-order valence-corrected chi connectivity index (χ2v) is 4.18. The first-order chi connectivity index (χ1) is 7.58. The van der Waals surface area contributed by atoms with E-state index in [-0.39, 0.29) is 12.0 Å². The smallest absolute Gasteiger partial charge is 0.255 e. The Balaban J connectivity index is 2.23. The molecule has 86 valence electrons. The van der Waals surface area contributed by atoms with E-state index in [9.17, 15) is 9.90 Å². The summed E-state index contributed by atoms with van der Waals surface area (Å²) in [6.07, 6.45) is 0.266. The largest absolute Gasteiger partial charge is 0.391 e. The van der Waals surface area contributed by atoms with Crippen LogP contribution in [0.2, 0.25) is 0 Å². The standard InChI is InChI=1S/C11H15N3O2/c1-7-5-10(8(2)13-12-7)11(16)14-4-3-9(15)6-14/h5,9,15H,3-4,6H2,1-2H3/t9-/m0/s1. The highest BCUT2D eigenvalue weighted by Gasteiger charge is 2.26. The number of likely N-dealkylation sites (tertiary alicyclic amines) is 1. The van der Waals surface area contributed by atoms with Crippen LogP contribution in [0.4, 0.5) is 0 Å². The van der Waals surface area contributed by atoms with Crippen molar-refractivity contribution < 1.29 is 9.90 Å². The molecule has 0 aromatic carbocycles. The van der Waals surface area contributed by atoms with Gasteiger partial charge in [-0.2, -0.15) is 10.2 Å². The van der Waals surface area contributed by atoms with E-state index in [2.05, 4.69) is 10.2 Å². The zero-order chi connectivity index (χ0) is 11.7. The molecule has 1 fully saturated rings. The molecule has 0 radical (unpaired) electrons. The Hall–Kier alpha value is -1.49. The van der Waals surface area contributed by atoms with Gasteiger partial charge in [-0.25, -0.2) is 0 Å². The van der Waals surface area contributed by atoms with Gasteiger partial charge in [-0.15, -0.1) is 0 Å². The fourth-order valence-corrected chi connectivity index (χ4v) is 1.86. The number of carbonyl (C=O) groups is 1. The molecule has 1 N–H and O–H groups in total. The molecule has 1 saturated heterocycles. The molecular formula is C11H15N3O2. The molecule has 1 aromatic heterocycles. The minimum atomic E-state index is -0.389. The van der Waals surface area contributed by atoms with Crippen molar-refractivity contribution in [2.75, 3.05) is 13.1 Å². The second-order valence-electron chi connectivity index (χ2n) is 4.18. The van der Waals surface area contributed by atoms with Crippen LogP contribution in [0.5, 0.6) is 0 Å². The van der Waals surface area contributed by atoms with E-state index in [1.54, 1.807) is 17.9 Å². The number of hydrogen-bond acceptors (Lipinski definition) is 4. The Morgan fingerprint density at radius 2 is 2.25 bits per heavy atom. The lowest BCUT2D eigenvalue weighted by Gasteiger charge is -2.16. The number of carbonyl (C=O) groups excluding carboxylic acids is 1. The van der Waals surface area contributed by atoms with E-state index in [1.807, 2.05) is 6.92 Å². The first-order valence-electron chi connectivity index (χ1n) is 5.36. The number of aliphatic hydroxyl groups excluding tert-OH is 1. The van der Waals surface area contributed by atoms with E-state index in [0.717, 1.165) is 5.69 Å². The summed E-state index contributed by atoms with van der Waals surface area (Å²) in [6, 6.07) is 1.75. The number of β-amino-alcohol motifs (C(OH)–C–C–N with tert-alkyl or cyclic N) is 1. The van der Waals surface area contributed by atoms with Crippen molar-refractivity contribution in [1.82, 2.24) is 15.1 Å². The van der Waals surface area contributed by atoms with Gasteiger partial charge in [-0.1, -0.05) is 0 Å². The van der Waals surface area contributed by atoms with Crippen LogP contribution >= 0.6 is 0 Å². The van der Waals surface area contributed by atoms with E-state index in [0.29, 0.717) is 30.8 Å². The number of nitrogens with zero attached hydrogens (tertiary/aromatic N) is 3. The monoisotopic (exact) mass is 221 g/mol. The fraction of sp³-hybridized carbons (Fsp3) is 0.545. The molecule has 0 spiro atoms. The Morgan fingerprint density at radius 3 is 2.88 bits per heavy atom. The molecule has 1 amide bonds. The Morgan fingerprint density at radius 1 is 1.50 bits per heavy atom. The topological polar surface area (TPSA) is 66.3 Å². The number of aryl methyl sites for hydroxylation is 2. The van der Waals surface area contributed by atoms with Crippen molar-refractivity contribution in [3.8, 4) is 0 Å². The van der Waals surface area contributed by atoms with E-state index < -0.39 is 0 Å². The summed E-state index contributed by atoms with van der Waals surface area (Å²) >= 11 is 0. The molecule has 0 aliphatic carbocycles. The molecule has 1 aliphatic heterocycles. The van der Waals surface area contributed by atoms with Gasteiger partial charge in [0.1, 0.15) is 0 Å². The minimum Gasteiger partial charge on any atom is -0.391 e. The summed E-state index contributed by atoms with van der Waals surface area (Å²) in [6.45, 7) is 4.61. The van der Waals surface area contributed by atoms with Gasteiger partial charge in [0.05, 0.1) is 23.1 Å². The van der Waals surface area contributed by atoms with Gasteiger partial charge in [0.25, 0.3) is 5.91 Å². The Kier molecular flexibility index (Phi) is 2.87. The van der Waals surface area contributed by atoms with E-state index >= 15 is 0 Å². The fourth-order valence-electron chi connectivity index (χ4n) is 1.86. The highest BCUT2D eigenvalue weighted by Crippen LogP contribution is 2.15. The zero-order valence-electron chi connectivity index (χ0n) is 9.47. The Bertz CT molecular complexity index is 420. The van der Waals surface area contributed by atoms with Crippen LogP contribution in [0.1, 0.15) is 28.2 Å². The average molecular weight is 221 g/mol. The maximum absolute atomic E-state index is 12.1. The third-order valence-corrected chi connectivity index (χ3v) is 2.78. The van der Waals surface area contributed by atoms with Crippen molar-refractivity contribution >= 4 is 5.91 Å². The molecule has 2 rings (SSSR count). The van der Waals surface area contributed by atoms with Crippen molar-refractivity contribution in [1.29, 1.82) is 0 Å². The number of amides is 1. The summed E-state index contributed by atoms with van der Waals surface area (Å²) < 4.78 is 0. The van der Waals surface area contributed by atoms with Gasteiger partial charge in [0, 0.05) is 13.1 Å². The lowest BCUT2D eigenvalue weighted by molar-refractivity contribution is 0.0763. The molecule has 1 atom stereocenters. The number of rotatable bonds is 1. The van der Waals surface area contributed by atoms with Crippen LogP contribution in [-0.4, -0.2) is 45.3 Å². The average Bonchev–Trinajstić information content (AvgIpc) is 2.67. The van der Waals surface area contributed by atoms with Crippen LogP contribution in [-0.2, 0) is 0 Å². The molecule has 0 unspecified atom stereocenters. The van der Waals surface area contributed by atoms with Gasteiger partial charge in [-0.3, -0.25) is 4.79 Å². The molecule has 2 heterocycles. The molecule has 1 aliphatic rings. The quantitative estimate of drug-likeness (QED) is 0.740. The predicted octanol–water partition coefficient (Wildman–Crippen LogP) is 0.300. The number of hydrogen-bond donors (Lipinski definition) is 1. The lowest BCUT2D eigenvalue weighted by Crippen LogP contribution is -2.30. The third kappa shape index (κ3) is 2.04. The first kappa shape index (κ1) is 11.0. The van der Waals surface area contributed by atoms with Gasteiger partial charge in [0.15, 0.2) is 0 Å². The van der Waals surface area contributed by atoms with E-state index in [4.69, 9.17) is 0 Å². The lowest BCUT2D eigenvalue weighted by atomic mass is 10.2. The van der Waals surface area contributed by atoms with Crippen LogP contribution in [0.15, 0.2) is 6.07 Å². The van der Waals surface area contributed by atoms with Crippen molar-refractivity contribution in [3.63, 3.8) is 0 Å². The van der Waals surface area contributed by atoms with E-state index in [1.165, 1.54) is 0 Å². The highest BCUT2D eigenvalue weighted by atomic mass is 16.3. The van der Waals surface area contributed by atoms with Crippen LogP contribution in [0.25, 0.3) is 0 Å². The molecule has 0 bridgehead atoms. The third-order valence-electron chi connectivity index (χ3n) is 2.78. The summed E-state index contributed by atoms with van der Waals surface area (Å²) in [7, 11) is 0. The maximum Gasteiger partial charge on any atom is 0.255 e. The molecule has 16 heavy (non-hydrogen) atoms. The Labute approximate surface area is 94.1 Å². The second kappa shape index (κ2) is 4.17. The molecule has 0 saturated carbocycles. The van der Waals surface area contributed by atoms with Gasteiger partial charge in [0.2, 0.25) is 0 Å². The van der Waals surface area contributed by atoms with Crippen molar-refractivity contribution in [2.24, 2.45) is 0 Å². The van der Waals surface area contributed by atoms with Crippen LogP contribution in [0.3, 0.4) is 0 Å². The molecular weight excluding hydrogens is 206 g/mol. The minimum absolute atomic E-state index is 0.0629. The van der Waals surface area contributed by atoms with Crippen LogP contribution < -0.4 is 0 Å². The summed E-state index contributed by atoms with van der Waals surface area (Å²) in [5, 5.41) is 17.2. The van der Waals surface area contributed by atoms with Crippen molar-refractivity contribution in [3.05, 3.63) is 23.0 Å². The molecule has 1 aromatic rings. The number of aliphatic hydroxyl groups is 1. The zero-order valence-corrected chi connectivity index (χ0v) is 9.47. The van der Waals surface area contributed by atoms with Gasteiger partial charge < -0.3 is 10.0 Å². The first-order valence-corrected chi connectivity index (χ1v) is 5.36. The van der Waals surface area contributed by atoms with Crippen molar-refractivity contribution in [2.45, 2.75) is 26.4 Å². The molecule has 5 nitrogen and oxygen atoms in total. The normalized spacial score (nSPS) is 20.2.